The lowest BCUT2D eigenvalue weighted by Gasteiger charge is -2.16. The minimum absolute atomic E-state index is 0.0189. The number of hydrogen-bond acceptors (Lipinski definition) is 6. The fourth-order valence-electron chi connectivity index (χ4n) is 3.39. The number of hydrogen-bond donors (Lipinski definition) is 0. The molecule has 38 heavy (non-hydrogen) atoms. The molecule has 0 N–H and O–H groups in total. The van der Waals surface area contributed by atoms with Gasteiger partial charge < -0.3 is 4.74 Å². The van der Waals surface area contributed by atoms with Gasteiger partial charge in [0.15, 0.2) is 4.32 Å². The summed E-state index contributed by atoms with van der Waals surface area (Å²) in [5.74, 6) is -1.21. The van der Waals surface area contributed by atoms with Gasteiger partial charge in [-0.2, -0.15) is 26.3 Å². The van der Waals surface area contributed by atoms with Crippen molar-refractivity contribution in [2.45, 2.75) is 12.4 Å². The third-order valence-corrected chi connectivity index (χ3v) is 6.44. The number of nitro benzene ring substituents is 1. The van der Waals surface area contributed by atoms with Crippen molar-refractivity contribution >= 4 is 51.7 Å². The number of carbonyl (C=O) groups excluding carboxylic acids is 1. The number of alkyl halides is 6. The number of thioether (sulfide) groups is 1. The lowest BCUT2D eigenvalue weighted by atomic mass is 10.1. The molecule has 0 bridgehead atoms. The van der Waals surface area contributed by atoms with E-state index in [4.69, 9.17) is 17.0 Å². The highest BCUT2D eigenvalue weighted by molar-refractivity contribution is 8.27. The summed E-state index contributed by atoms with van der Waals surface area (Å²) in [4.78, 5) is 24.4. The fourth-order valence-corrected chi connectivity index (χ4v) is 4.68. The molecule has 0 unspecified atom stereocenters. The number of carbonyl (C=O) groups is 1. The van der Waals surface area contributed by atoms with E-state index < -0.39 is 45.7 Å². The zero-order valence-electron chi connectivity index (χ0n) is 18.5. The zero-order chi connectivity index (χ0) is 27.8. The van der Waals surface area contributed by atoms with E-state index in [0.717, 1.165) is 40.9 Å². The SMILES string of the molecule is O=C1/C(=C/c2ccccc2Oc2ccc(C(F)(F)F)cc2[N+](=O)[O-])SC(=S)N1c1cccc(C(F)(F)F)c1. The minimum Gasteiger partial charge on any atom is -0.449 e. The van der Waals surface area contributed by atoms with Crippen LogP contribution in [0.5, 0.6) is 11.5 Å². The van der Waals surface area contributed by atoms with Gasteiger partial charge in [0.25, 0.3) is 5.91 Å². The highest BCUT2D eigenvalue weighted by Crippen LogP contribution is 2.41. The van der Waals surface area contributed by atoms with E-state index in [0.29, 0.717) is 12.1 Å². The van der Waals surface area contributed by atoms with Gasteiger partial charge in [-0.1, -0.05) is 48.2 Å². The number of amides is 1. The van der Waals surface area contributed by atoms with Crippen LogP contribution in [0.3, 0.4) is 0 Å². The van der Waals surface area contributed by atoms with Crippen LogP contribution < -0.4 is 9.64 Å². The molecule has 0 aromatic heterocycles. The molecule has 1 heterocycles. The van der Waals surface area contributed by atoms with Gasteiger partial charge in [-0.25, -0.2) is 0 Å². The third kappa shape index (κ3) is 5.65. The van der Waals surface area contributed by atoms with E-state index in [1.54, 1.807) is 6.07 Å². The fraction of sp³-hybridized carbons (Fsp3) is 0.0833. The first kappa shape index (κ1) is 27.1. The Morgan fingerprint density at radius 2 is 1.55 bits per heavy atom. The molecule has 0 radical (unpaired) electrons. The Hall–Kier alpha value is -3.91. The lowest BCUT2D eigenvalue weighted by molar-refractivity contribution is -0.385. The van der Waals surface area contributed by atoms with Crippen molar-refractivity contribution in [3.8, 4) is 11.5 Å². The second kappa shape index (κ2) is 10.1. The van der Waals surface area contributed by atoms with Gasteiger partial charge in [0.05, 0.1) is 26.6 Å². The molecule has 4 rings (SSSR count). The van der Waals surface area contributed by atoms with Crippen LogP contribution >= 0.6 is 24.0 Å². The van der Waals surface area contributed by atoms with E-state index in [9.17, 15) is 41.3 Å². The van der Waals surface area contributed by atoms with Crippen LogP contribution in [0.25, 0.3) is 6.08 Å². The quantitative estimate of drug-likeness (QED) is 0.102. The molecular formula is C24H12F6N2O4S2. The molecule has 1 aliphatic heterocycles. The van der Waals surface area contributed by atoms with E-state index in [1.165, 1.54) is 30.3 Å². The van der Waals surface area contributed by atoms with Gasteiger partial charge in [-0.3, -0.25) is 19.8 Å². The second-order valence-corrected chi connectivity index (χ2v) is 9.32. The largest absolute Gasteiger partial charge is 0.449 e. The van der Waals surface area contributed by atoms with Crippen molar-refractivity contribution in [1.82, 2.24) is 0 Å². The molecule has 0 aliphatic carbocycles. The van der Waals surface area contributed by atoms with Crippen molar-refractivity contribution in [3.05, 3.63) is 98.4 Å². The maximum Gasteiger partial charge on any atom is 0.416 e. The van der Waals surface area contributed by atoms with Crippen molar-refractivity contribution in [3.63, 3.8) is 0 Å². The van der Waals surface area contributed by atoms with Crippen molar-refractivity contribution in [2.24, 2.45) is 0 Å². The Morgan fingerprint density at radius 3 is 2.21 bits per heavy atom. The average molecular weight is 570 g/mol. The van der Waals surface area contributed by atoms with Crippen LogP contribution in [0.1, 0.15) is 16.7 Å². The Morgan fingerprint density at radius 1 is 0.895 bits per heavy atom. The van der Waals surface area contributed by atoms with Gasteiger partial charge in [0.2, 0.25) is 5.75 Å². The van der Waals surface area contributed by atoms with Crippen LogP contribution in [0.15, 0.2) is 71.6 Å². The monoisotopic (exact) mass is 570 g/mol. The zero-order valence-corrected chi connectivity index (χ0v) is 20.2. The molecule has 0 saturated carbocycles. The molecular weight excluding hydrogens is 558 g/mol. The third-order valence-electron chi connectivity index (χ3n) is 5.13. The number of nitrogens with zero attached hydrogens (tertiary/aromatic N) is 2. The summed E-state index contributed by atoms with van der Waals surface area (Å²) in [6.07, 6.45) is -8.13. The summed E-state index contributed by atoms with van der Waals surface area (Å²) in [5, 5.41) is 11.4. The molecule has 1 aliphatic rings. The van der Waals surface area contributed by atoms with E-state index >= 15 is 0 Å². The minimum atomic E-state index is -4.81. The highest BCUT2D eigenvalue weighted by Gasteiger charge is 2.37. The van der Waals surface area contributed by atoms with Crippen LogP contribution in [-0.2, 0) is 17.1 Å². The summed E-state index contributed by atoms with van der Waals surface area (Å²) in [7, 11) is 0. The Labute approximate surface area is 219 Å². The van der Waals surface area contributed by atoms with Gasteiger partial charge in [-0.15, -0.1) is 0 Å². The molecule has 0 atom stereocenters. The maximum absolute atomic E-state index is 13.1. The van der Waals surface area contributed by atoms with E-state index in [2.05, 4.69) is 0 Å². The highest BCUT2D eigenvalue weighted by atomic mass is 32.2. The smallest absolute Gasteiger partial charge is 0.416 e. The topological polar surface area (TPSA) is 72.7 Å². The number of thiocarbonyl (C=S) groups is 1. The number of halogens is 6. The summed E-state index contributed by atoms with van der Waals surface area (Å²) < 4.78 is 83.9. The summed E-state index contributed by atoms with van der Waals surface area (Å²) in [5.41, 5.74) is -3.00. The van der Waals surface area contributed by atoms with Crippen LogP contribution in [0, 0.1) is 10.1 Å². The first-order valence-electron chi connectivity index (χ1n) is 10.3. The molecule has 3 aromatic rings. The predicted octanol–water partition coefficient (Wildman–Crippen LogP) is 7.83. The van der Waals surface area contributed by atoms with E-state index in [1.807, 2.05) is 0 Å². The predicted molar refractivity (Wildman–Crippen MR) is 132 cm³/mol. The molecule has 0 spiro atoms. The van der Waals surface area contributed by atoms with Gasteiger partial charge >= 0.3 is 18.0 Å². The van der Waals surface area contributed by atoms with E-state index in [-0.39, 0.29) is 26.2 Å². The lowest BCUT2D eigenvalue weighted by Crippen LogP contribution is -2.27. The maximum atomic E-state index is 13.1. The van der Waals surface area contributed by atoms with Crippen molar-refractivity contribution < 1.29 is 40.8 Å². The summed E-state index contributed by atoms with van der Waals surface area (Å²) in [6.45, 7) is 0. The molecule has 1 saturated heterocycles. The number of para-hydroxylation sites is 1. The summed E-state index contributed by atoms with van der Waals surface area (Å²) in [6, 6.07) is 11.8. The molecule has 1 amide bonds. The number of ether oxygens (including phenoxy) is 1. The number of anilines is 1. The normalized spacial score (nSPS) is 15.3. The van der Waals surface area contributed by atoms with Crippen LogP contribution in [-0.4, -0.2) is 15.2 Å². The molecule has 14 heteroatoms. The second-order valence-electron chi connectivity index (χ2n) is 7.64. The van der Waals surface area contributed by atoms with Crippen molar-refractivity contribution in [2.75, 3.05) is 4.90 Å². The van der Waals surface area contributed by atoms with Gasteiger partial charge in [0, 0.05) is 11.6 Å². The Balaban J connectivity index is 1.67. The van der Waals surface area contributed by atoms with Gasteiger partial charge in [0.1, 0.15) is 5.75 Å². The first-order chi connectivity index (χ1) is 17.8. The van der Waals surface area contributed by atoms with Crippen LogP contribution in [0.2, 0.25) is 0 Å². The first-order valence-corrected chi connectivity index (χ1v) is 11.6. The van der Waals surface area contributed by atoms with Crippen molar-refractivity contribution in [1.29, 1.82) is 0 Å². The average Bonchev–Trinajstić information content (AvgIpc) is 3.11. The van der Waals surface area contributed by atoms with Crippen LogP contribution in [0.4, 0.5) is 37.7 Å². The Bertz CT molecular complexity index is 1490. The molecule has 1 fully saturated rings. The Kier molecular flexibility index (Phi) is 7.21. The molecule has 6 nitrogen and oxygen atoms in total. The number of nitro groups is 1. The summed E-state index contributed by atoms with van der Waals surface area (Å²) >= 11 is 6.01. The standard InChI is InChI=1S/C24H12F6N2O4S2/c25-23(26,27)14-5-3-6-16(11-14)31-21(33)20(38-22(31)37)10-13-4-1-2-7-18(13)36-19-9-8-15(24(28,29)30)12-17(19)32(34)35/h1-12H/b20-10-. The molecule has 3 aromatic carbocycles. The number of benzene rings is 3. The number of rotatable bonds is 5. The van der Waals surface area contributed by atoms with Gasteiger partial charge in [-0.05, 0) is 42.5 Å². The molecule has 196 valence electrons.